The van der Waals surface area contributed by atoms with Crippen LogP contribution >= 0.6 is 23.2 Å². The van der Waals surface area contributed by atoms with Gasteiger partial charge in [-0.1, -0.05) is 104 Å². The monoisotopic (exact) mass is 1250 g/mol. The van der Waals surface area contributed by atoms with Crippen LogP contribution in [0, 0.1) is 19.8 Å². The molecule has 3 aliphatic rings. The minimum Gasteiger partial charge on any atom is -0.493 e. The lowest BCUT2D eigenvalue weighted by molar-refractivity contribution is -0.143. The lowest BCUT2D eigenvalue weighted by atomic mass is 10.0. The van der Waals surface area contributed by atoms with E-state index in [1.54, 1.807) is 91.0 Å². The second kappa shape index (κ2) is 30.2. The van der Waals surface area contributed by atoms with Crippen molar-refractivity contribution in [1.82, 2.24) is 40.9 Å². The van der Waals surface area contributed by atoms with E-state index in [0.29, 0.717) is 69.0 Å². The van der Waals surface area contributed by atoms with Crippen LogP contribution < -0.4 is 40.2 Å². The van der Waals surface area contributed by atoms with Crippen LogP contribution in [0.4, 0.5) is 0 Å². The Labute approximate surface area is 528 Å². The maximum atomic E-state index is 13.8. The van der Waals surface area contributed by atoms with E-state index >= 15 is 0 Å². The summed E-state index contributed by atoms with van der Waals surface area (Å²) in [6.07, 6.45) is 0.271. The van der Waals surface area contributed by atoms with E-state index in [9.17, 15) is 38.4 Å². The van der Waals surface area contributed by atoms with Gasteiger partial charge in [-0.3, -0.25) is 38.4 Å². The standard InChI is InChI=1S/C38H38Cl2N4O7.C29H36N4O5/c1-23-8-11-27-18-33(23)51-28-7-5-6-24(14-28)16-31(37(47)41-19-25-10-13-32(49-3)34(17-25)50-4)42-35(45)21-44(36(46)22-43(2)38(27)48)20-26-9-12-29(39)30(40)15-26;1-18(2)15-30-28(36)24-14-22-16-33(24)26(34)17-32(4)29(37)23(12-20-8-6-5-7-9-20)31-27(35)21-11-10-19(3)25(13-21)38-22/h5-15,17-18,31H,16,19-22H2,1-4H3,(H,41,47)(H,42,45);5-11,13,18,22-24H,12,14-17H2,1-4H3,(H,30,36)(H,31,35)/t;22-,23+,24+/m.0/s1. The summed E-state index contributed by atoms with van der Waals surface area (Å²) in [6.45, 7) is 7.64. The van der Waals surface area contributed by atoms with Gasteiger partial charge in [0.25, 0.3) is 11.8 Å². The number of nitrogens with zero attached hydrogens (tertiary/aromatic N) is 4. The molecule has 1 fully saturated rings. The molecule has 6 aromatic rings. The summed E-state index contributed by atoms with van der Waals surface area (Å²) >= 11 is 12.4. The lowest BCUT2D eigenvalue weighted by Crippen LogP contribution is -2.53. The molecule has 0 aromatic heterocycles. The molecule has 6 aromatic carbocycles. The van der Waals surface area contributed by atoms with Crippen molar-refractivity contribution in [1.29, 1.82) is 0 Å². The van der Waals surface area contributed by atoms with Gasteiger partial charge in [-0.15, -0.1) is 0 Å². The number of halogens is 2. The highest BCUT2D eigenvalue weighted by Crippen LogP contribution is 2.31. The third kappa shape index (κ3) is 17.6. The van der Waals surface area contributed by atoms with E-state index in [2.05, 4.69) is 21.3 Å². The zero-order valence-electron chi connectivity index (χ0n) is 51.0. The first-order valence-electron chi connectivity index (χ1n) is 29.1. The number of hydrogen-bond acceptors (Lipinski definition) is 12. The SMILES string of the molecule is COc1ccc(CNC(=O)C2Cc3cccc(c3)Oc3cc(ccc3C)C(=O)N(C)CC(=O)N(Cc3ccc(Cl)c(Cl)c3)CC(=O)N2)cc1OC.Cc1ccc2cc1O[C@H]1C[C@H](C(=O)NCC(C)C)N(C1)C(=O)CN(C)C(=O)[C@@H](Cc1ccccc1)NC2=O. The first kappa shape index (κ1) is 65.8. The number of likely N-dealkylation sites (N-methyl/N-ethyl adjacent to an activating group) is 2. The minimum absolute atomic E-state index is 0.00803. The first-order valence-corrected chi connectivity index (χ1v) is 29.9. The Morgan fingerprint density at radius 3 is 2.09 bits per heavy atom. The van der Waals surface area contributed by atoms with Crippen molar-refractivity contribution in [2.24, 2.45) is 5.92 Å². The second-order valence-corrected chi connectivity index (χ2v) is 23.5. The van der Waals surface area contributed by atoms with Crippen LogP contribution in [0.2, 0.25) is 10.0 Å². The van der Waals surface area contributed by atoms with Crippen molar-refractivity contribution in [3.8, 4) is 28.7 Å². The molecule has 3 aliphatic heterocycles. The van der Waals surface area contributed by atoms with E-state index in [1.165, 1.54) is 47.9 Å². The van der Waals surface area contributed by atoms with Gasteiger partial charge in [0.15, 0.2) is 11.5 Å². The molecule has 9 rings (SSSR count). The Hall–Kier alpha value is -9.14. The Kier molecular flexibility index (Phi) is 22.3. The number of benzene rings is 6. The molecule has 8 amide bonds. The number of fused-ring (bicyclic) bond motifs is 8. The average molecular weight is 1250 g/mol. The molecular weight excluding hydrogens is 1180 g/mol. The maximum absolute atomic E-state index is 13.8. The van der Waals surface area contributed by atoms with Gasteiger partial charge in [-0.25, -0.2) is 0 Å². The predicted octanol–water partition coefficient (Wildman–Crippen LogP) is 7.50. The van der Waals surface area contributed by atoms with Gasteiger partial charge in [0.05, 0.1) is 50.4 Å². The first-order chi connectivity index (χ1) is 42.5. The smallest absolute Gasteiger partial charge is 0.254 e. The summed E-state index contributed by atoms with van der Waals surface area (Å²) in [6, 6.07) is 34.4. The van der Waals surface area contributed by atoms with E-state index in [-0.39, 0.29) is 74.2 Å². The van der Waals surface area contributed by atoms with Crippen molar-refractivity contribution in [3.63, 3.8) is 0 Å². The molecule has 89 heavy (non-hydrogen) atoms. The molecule has 468 valence electrons. The average Bonchev–Trinajstić information content (AvgIpc) is 2.23. The molecular formula is C67H74Cl2N8O12. The molecule has 1 saturated heterocycles. The van der Waals surface area contributed by atoms with Crippen LogP contribution in [0.1, 0.15) is 74.4 Å². The number of carbonyl (C=O) groups is 8. The zero-order valence-corrected chi connectivity index (χ0v) is 52.5. The molecule has 0 spiro atoms. The van der Waals surface area contributed by atoms with E-state index in [0.717, 1.165) is 22.3 Å². The van der Waals surface area contributed by atoms with Crippen LogP contribution in [0.25, 0.3) is 0 Å². The number of methoxy groups -OCH3 is 2. The number of hydrogen-bond donors (Lipinski definition) is 4. The lowest BCUT2D eigenvalue weighted by Gasteiger charge is -2.29. The van der Waals surface area contributed by atoms with Crippen molar-refractivity contribution in [3.05, 3.63) is 182 Å². The van der Waals surface area contributed by atoms with Gasteiger partial charge in [-0.2, -0.15) is 0 Å². The van der Waals surface area contributed by atoms with Gasteiger partial charge in [0.2, 0.25) is 35.4 Å². The van der Waals surface area contributed by atoms with E-state index in [4.69, 9.17) is 42.1 Å². The third-order valence-electron chi connectivity index (χ3n) is 15.3. The topological polar surface area (TPSA) is 235 Å². The Morgan fingerprint density at radius 1 is 0.674 bits per heavy atom. The predicted molar refractivity (Wildman–Crippen MR) is 336 cm³/mol. The van der Waals surface area contributed by atoms with Crippen LogP contribution in [0.5, 0.6) is 28.7 Å². The number of aryl methyl sites for hydroxylation is 2. The van der Waals surface area contributed by atoms with Gasteiger partial charge < -0.3 is 59.8 Å². The summed E-state index contributed by atoms with van der Waals surface area (Å²) in [4.78, 5) is 113. The fraction of sp³-hybridized carbons (Fsp3) is 0.343. The number of amides is 8. The van der Waals surface area contributed by atoms with Crippen LogP contribution in [0.15, 0.2) is 127 Å². The largest absolute Gasteiger partial charge is 0.493 e. The molecule has 3 heterocycles. The van der Waals surface area contributed by atoms with Crippen LogP contribution in [0.3, 0.4) is 0 Å². The summed E-state index contributed by atoms with van der Waals surface area (Å²) in [7, 11) is 6.11. The third-order valence-corrected chi connectivity index (χ3v) is 16.0. The molecule has 4 atom stereocenters. The highest BCUT2D eigenvalue weighted by molar-refractivity contribution is 6.42. The van der Waals surface area contributed by atoms with Gasteiger partial charge in [0, 0.05) is 64.1 Å². The minimum atomic E-state index is -1.03. The maximum Gasteiger partial charge on any atom is 0.254 e. The highest BCUT2D eigenvalue weighted by atomic mass is 35.5. The van der Waals surface area contributed by atoms with Crippen LogP contribution in [-0.2, 0) is 54.7 Å². The quantitative estimate of drug-likeness (QED) is 0.0933. The fourth-order valence-corrected chi connectivity index (χ4v) is 10.7. The fourth-order valence-electron chi connectivity index (χ4n) is 10.4. The highest BCUT2D eigenvalue weighted by Gasteiger charge is 2.42. The summed E-state index contributed by atoms with van der Waals surface area (Å²) in [5.41, 5.74) is 5.27. The number of nitrogens with one attached hydrogen (secondary N) is 4. The Balaban J connectivity index is 0.000000240. The summed E-state index contributed by atoms with van der Waals surface area (Å²) < 4.78 is 23.2. The summed E-state index contributed by atoms with van der Waals surface area (Å²) in [5.74, 6) is -0.520. The van der Waals surface area contributed by atoms with E-state index in [1.807, 2.05) is 64.1 Å². The van der Waals surface area contributed by atoms with Gasteiger partial charge >= 0.3 is 0 Å². The Morgan fingerprint density at radius 2 is 1.37 bits per heavy atom. The molecule has 0 aliphatic carbocycles. The molecule has 8 bridgehead atoms. The van der Waals surface area contributed by atoms with Crippen molar-refractivity contribution in [2.75, 3.05) is 61.0 Å². The molecule has 0 radical (unpaired) electrons. The van der Waals surface area contributed by atoms with Crippen molar-refractivity contribution in [2.45, 2.75) is 84.3 Å². The molecule has 20 nitrogen and oxygen atoms in total. The Bertz CT molecular complexity index is 3610. The van der Waals surface area contributed by atoms with Gasteiger partial charge in [0.1, 0.15) is 41.5 Å². The molecule has 4 N–H and O–H groups in total. The number of rotatable bonds is 12. The van der Waals surface area contributed by atoms with Crippen molar-refractivity contribution < 1.29 is 57.3 Å². The molecule has 22 heteroatoms. The number of carbonyl (C=O) groups excluding carboxylic acids is 8. The molecule has 1 unspecified atom stereocenters. The second-order valence-electron chi connectivity index (χ2n) is 22.7. The number of ether oxygens (including phenoxy) is 4. The normalized spacial score (nSPS) is 18.3. The van der Waals surface area contributed by atoms with Gasteiger partial charge in [-0.05, 0) is 114 Å². The molecule has 0 saturated carbocycles. The zero-order chi connectivity index (χ0) is 64.1. The summed E-state index contributed by atoms with van der Waals surface area (Å²) in [5, 5.41) is 12.2. The van der Waals surface area contributed by atoms with Crippen molar-refractivity contribution >= 4 is 70.5 Å². The van der Waals surface area contributed by atoms with E-state index < -0.39 is 60.3 Å². The van der Waals surface area contributed by atoms with Crippen LogP contribution in [-0.4, -0.2) is 152 Å².